The van der Waals surface area contributed by atoms with Crippen LogP contribution in [-0.4, -0.2) is 47.4 Å². The van der Waals surface area contributed by atoms with E-state index in [0.717, 1.165) is 51.4 Å². The lowest BCUT2D eigenvalue weighted by atomic mass is 10.0. The Hall–Kier alpha value is -1.66. The Balaban J connectivity index is 3.32. The van der Waals surface area contributed by atoms with Gasteiger partial charge in [-0.2, -0.15) is 0 Å². The summed E-state index contributed by atoms with van der Waals surface area (Å²) in [6.45, 7) is 4.99. The first-order chi connectivity index (χ1) is 44.0. The molecule has 6 heteroatoms. The zero-order chi connectivity index (χ0) is 64.2. The molecule has 0 saturated carbocycles. The molecule has 6 nitrogen and oxygen atoms in total. The van der Waals surface area contributed by atoms with Crippen molar-refractivity contribution in [1.29, 1.82) is 0 Å². The molecule has 89 heavy (non-hydrogen) atoms. The quantitative estimate of drug-likeness (QED) is 0.0320. The number of ether oxygens (including phenoxy) is 1. The zero-order valence-corrected chi connectivity index (χ0v) is 60.7. The minimum atomic E-state index is -0.662. The van der Waals surface area contributed by atoms with E-state index in [0.29, 0.717) is 25.9 Å². The van der Waals surface area contributed by atoms with Gasteiger partial charge in [-0.25, -0.2) is 0 Å². The van der Waals surface area contributed by atoms with Gasteiger partial charge in [-0.15, -0.1) is 0 Å². The molecule has 3 N–H and O–H groups in total. The first-order valence-corrected chi connectivity index (χ1v) is 41.1. The van der Waals surface area contributed by atoms with Crippen LogP contribution in [0.25, 0.3) is 0 Å². The van der Waals surface area contributed by atoms with Crippen molar-refractivity contribution in [3.8, 4) is 0 Å². The molecule has 0 bridgehead atoms. The van der Waals surface area contributed by atoms with Crippen molar-refractivity contribution < 1.29 is 24.5 Å². The summed E-state index contributed by atoms with van der Waals surface area (Å²) < 4.78 is 5.51. The van der Waals surface area contributed by atoms with E-state index < -0.39 is 12.1 Å². The fourth-order valence-corrected chi connectivity index (χ4v) is 13.3. The van der Waals surface area contributed by atoms with Crippen LogP contribution in [0.4, 0.5) is 0 Å². The monoisotopic (exact) mass is 1250 g/mol. The summed E-state index contributed by atoms with van der Waals surface area (Å²) in [5.74, 6) is -0.00918. The molecule has 0 fully saturated rings. The lowest BCUT2D eigenvalue weighted by molar-refractivity contribution is -0.143. The highest BCUT2D eigenvalue weighted by Gasteiger charge is 2.20. The number of hydrogen-bond acceptors (Lipinski definition) is 5. The third-order valence-corrected chi connectivity index (χ3v) is 19.5. The van der Waals surface area contributed by atoms with Crippen LogP contribution in [-0.2, 0) is 14.3 Å². The average molecular weight is 1250 g/mol. The summed E-state index contributed by atoms with van der Waals surface area (Å²) in [5, 5.41) is 23.5. The summed E-state index contributed by atoms with van der Waals surface area (Å²) in [6, 6.07) is -0.539. The summed E-state index contributed by atoms with van der Waals surface area (Å²) in [6.07, 6.45) is 101. The van der Waals surface area contributed by atoms with Crippen LogP contribution < -0.4 is 5.32 Å². The number of esters is 1. The van der Waals surface area contributed by atoms with Gasteiger partial charge in [0.1, 0.15) is 0 Å². The number of allylic oxidation sites excluding steroid dienone is 4. The molecule has 0 rings (SSSR count). The Bertz CT molecular complexity index is 1400. The predicted octanol–water partition coefficient (Wildman–Crippen LogP) is 27.2. The van der Waals surface area contributed by atoms with Gasteiger partial charge in [0.05, 0.1) is 25.4 Å². The summed E-state index contributed by atoms with van der Waals surface area (Å²) in [5.41, 5.74) is 0. The van der Waals surface area contributed by atoms with Crippen molar-refractivity contribution in [1.82, 2.24) is 5.32 Å². The molecule has 0 spiro atoms. The van der Waals surface area contributed by atoms with Crippen molar-refractivity contribution in [3.05, 3.63) is 24.3 Å². The van der Waals surface area contributed by atoms with Crippen molar-refractivity contribution >= 4 is 11.9 Å². The Morgan fingerprint density at radius 2 is 0.562 bits per heavy atom. The Morgan fingerprint density at radius 3 is 0.865 bits per heavy atom. The molecule has 0 radical (unpaired) electrons. The highest BCUT2D eigenvalue weighted by Crippen LogP contribution is 2.21. The van der Waals surface area contributed by atoms with Crippen LogP contribution in [0.5, 0.6) is 0 Å². The Morgan fingerprint density at radius 1 is 0.315 bits per heavy atom. The van der Waals surface area contributed by atoms with Gasteiger partial charge in [-0.05, 0) is 57.8 Å². The molecule has 2 unspecified atom stereocenters. The largest absolute Gasteiger partial charge is 0.466 e. The topological polar surface area (TPSA) is 95.9 Å². The number of hydrogen-bond donors (Lipinski definition) is 3. The maximum absolute atomic E-state index is 12.6. The van der Waals surface area contributed by atoms with Crippen molar-refractivity contribution in [2.45, 2.75) is 482 Å². The molecule has 0 aliphatic carbocycles. The number of carbonyl (C=O) groups excluding carboxylic acids is 2. The van der Waals surface area contributed by atoms with E-state index in [-0.39, 0.29) is 18.5 Å². The van der Waals surface area contributed by atoms with E-state index in [9.17, 15) is 19.8 Å². The zero-order valence-electron chi connectivity index (χ0n) is 60.7. The van der Waals surface area contributed by atoms with Crippen LogP contribution in [0.3, 0.4) is 0 Å². The second-order valence-corrected chi connectivity index (χ2v) is 28.5. The number of aliphatic hydroxyl groups is 2. The first-order valence-electron chi connectivity index (χ1n) is 41.1. The van der Waals surface area contributed by atoms with Crippen molar-refractivity contribution in [2.24, 2.45) is 0 Å². The van der Waals surface area contributed by atoms with Gasteiger partial charge < -0.3 is 20.3 Å². The third kappa shape index (κ3) is 75.3. The van der Waals surface area contributed by atoms with Crippen molar-refractivity contribution in [2.75, 3.05) is 13.2 Å². The van der Waals surface area contributed by atoms with E-state index >= 15 is 0 Å². The minimum Gasteiger partial charge on any atom is -0.466 e. The maximum atomic E-state index is 12.6. The molecule has 528 valence electrons. The highest BCUT2D eigenvalue weighted by atomic mass is 16.5. The molecular formula is C83H161NO5. The van der Waals surface area contributed by atoms with E-state index in [4.69, 9.17) is 4.74 Å². The van der Waals surface area contributed by atoms with E-state index in [1.807, 2.05) is 0 Å². The van der Waals surface area contributed by atoms with E-state index in [1.54, 1.807) is 0 Å². The van der Waals surface area contributed by atoms with Gasteiger partial charge in [0, 0.05) is 12.8 Å². The molecule has 0 aromatic heterocycles. The van der Waals surface area contributed by atoms with Crippen LogP contribution in [0, 0.1) is 0 Å². The molecular weight excluding hydrogens is 1090 g/mol. The fraction of sp³-hybridized carbons (Fsp3) is 0.928. The fourth-order valence-electron chi connectivity index (χ4n) is 13.3. The smallest absolute Gasteiger partial charge is 0.305 e. The number of unbranched alkanes of at least 4 members (excludes halogenated alkanes) is 63. The number of amides is 1. The lowest BCUT2D eigenvalue weighted by Gasteiger charge is -2.22. The minimum absolute atomic E-state index is 0.0155. The number of carbonyl (C=O) groups is 2. The van der Waals surface area contributed by atoms with Gasteiger partial charge in [-0.3, -0.25) is 9.59 Å². The summed E-state index contributed by atoms with van der Waals surface area (Å²) in [4.78, 5) is 24.7. The van der Waals surface area contributed by atoms with Crippen LogP contribution in [0.2, 0.25) is 0 Å². The second kappa shape index (κ2) is 78.8. The molecule has 0 aromatic rings. The molecule has 0 aliphatic heterocycles. The molecule has 1 amide bonds. The standard InChI is InChI=1S/C83H161NO5/c1-3-5-7-9-11-13-15-17-19-21-23-37-40-43-47-51-55-59-63-67-71-75-81(86)80(79-85)84-82(87)76-72-68-64-60-56-52-48-44-41-38-35-33-31-29-27-25-24-26-28-30-32-34-36-39-42-46-50-54-58-62-66-70-74-78-89-83(88)77-73-69-65-61-57-53-49-45-22-20-18-16-14-12-10-8-6-4-2/h14,16,20,22,80-81,85-86H,3-13,15,17-19,21,23-79H2,1-2H3,(H,84,87)/b16-14-,22-20-. The number of aliphatic hydroxyl groups excluding tert-OH is 2. The van der Waals surface area contributed by atoms with Gasteiger partial charge in [-0.1, -0.05) is 423 Å². The van der Waals surface area contributed by atoms with Crippen LogP contribution in [0.15, 0.2) is 24.3 Å². The molecule has 2 atom stereocenters. The Labute approximate surface area is 558 Å². The lowest BCUT2D eigenvalue weighted by Crippen LogP contribution is -2.45. The molecule has 0 saturated heterocycles. The second-order valence-electron chi connectivity index (χ2n) is 28.5. The molecule has 0 heterocycles. The third-order valence-electron chi connectivity index (χ3n) is 19.5. The maximum Gasteiger partial charge on any atom is 0.305 e. The number of rotatable bonds is 78. The SMILES string of the molecule is CCCCCC/C=C\C/C=C\CCCCCCCCCC(=O)OCCCCCCCCCCCCCCCCCCCCCCCCCCCCCCCCCCCC(=O)NC(CO)C(O)CCCCCCCCCCCCCCCCCCCCCCC. The summed E-state index contributed by atoms with van der Waals surface area (Å²) in [7, 11) is 0. The number of nitrogens with one attached hydrogen (secondary N) is 1. The van der Waals surface area contributed by atoms with E-state index in [2.05, 4.69) is 43.5 Å². The van der Waals surface area contributed by atoms with Gasteiger partial charge in [0.25, 0.3) is 0 Å². The van der Waals surface area contributed by atoms with E-state index in [1.165, 1.54) is 385 Å². The summed E-state index contributed by atoms with van der Waals surface area (Å²) >= 11 is 0. The van der Waals surface area contributed by atoms with Gasteiger partial charge >= 0.3 is 5.97 Å². The van der Waals surface area contributed by atoms with Crippen LogP contribution >= 0.6 is 0 Å². The van der Waals surface area contributed by atoms with Gasteiger partial charge in [0.15, 0.2) is 0 Å². The normalized spacial score (nSPS) is 12.5. The predicted molar refractivity (Wildman–Crippen MR) is 393 cm³/mol. The molecule has 0 aliphatic rings. The average Bonchev–Trinajstić information content (AvgIpc) is 3.55. The van der Waals surface area contributed by atoms with Crippen molar-refractivity contribution in [3.63, 3.8) is 0 Å². The highest BCUT2D eigenvalue weighted by molar-refractivity contribution is 5.76. The Kier molecular flexibility index (Phi) is 77.3. The molecule has 0 aromatic carbocycles. The first kappa shape index (κ1) is 87.3. The van der Waals surface area contributed by atoms with Crippen LogP contribution in [0.1, 0.15) is 470 Å². The van der Waals surface area contributed by atoms with Gasteiger partial charge in [0.2, 0.25) is 5.91 Å².